The minimum absolute atomic E-state index is 0.0963. The molecular formula is C15H20N4O2. The summed E-state index contributed by atoms with van der Waals surface area (Å²) in [6.07, 6.45) is 2.72. The van der Waals surface area contributed by atoms with Gasteiger partial charge in [0.05, 0.1) is 13.2 Å². The van der Waals surface area contributed by atoms with Crippen LogP contribution >= 0.6 is 0 Å². The number of carbonyl (C=O) groups is 1. The van der Waals surface area contributed by atoms with E-state index in [4.69, 9.17) is 16.2 Å². The van der Waals surface area contributed by atoms with Crippen molar-refractivity contribution in [1.82, 2.24) is 10.3 Å². The molecule has 3 rings (SSSR count). The number of nitrogens with two attached hydrogens (primary N) is 2. The molecule has 0 spiro atoms. The number of para-hydroxylation sites is 1. The minimum Gasteiger partial charge on any atom is -0.376 e. The smallest absolute Gasteiger partial charge is 0.242 e. The summed E-state index contributed by atoms with van der Waals surface area (Å²) < 4.78 is 5.09. The van der Waals surface area contributed by atoms with Gasteiger partial charge in [-0.25, -0.2) is 0 Å². The third-order valence-electron chi connectivity index (χ3n) is 4.03. The molecule has 1 aromatic heterocycles. The van der Waals surface area contributed by atoms with Gasteiger partial charge in [0.2, 0.25) is 5.91 Å². The fourth-order valence-corrected chi connectivity index (χ4v) is 2.62. The average molecular weight is 288 g/mol. The second-order valence-corrected chi connectivity index (χ2v) is 5.64. The van der Waals surface area contributed by atoms with Crippen LogP contribution < -0.4 is 16.8 Å². The first-order chi connectivity index (χ1) is 10.1. The molecule has 1 aliphatic rings. The number of aromatic nitrogens is 1. The summed E-state index contributed by atoms with van der Waals surface area (Å²) in [5.41, 5.74) is 13.1. The largest absolute Gasteiger partial charge is 0.376 e. The van der Waals surface area contributed by atoms with E-state index in [0.29, 0.717) is 19.8 Å². The summed E-state index contributed by atoms with van der Waals surface area (Å²) in [7, 11) is 0. The molecule has 2 aromatic rings. The van der Waals surface area contributed by atoms with E-state index in [1.165, 1.54) is 10.9 Å². The van der Waals surface area contributed by atoms with Crippen LogP contribution in [-0.4, -0.2) is 42.2 Å². The molecule has 1 fully saturated rings. The average Bonchev–Trinajstić information content (AvgIpc) is 2.81. The zero-order chi connectivity index (χ0) is 14.9. The van der Waals surface area contributed by atoms with Crippen molar-refractivity contribution in [2.45, 2.75) is 18.0 Å². The third-order valence-corrected chi connectivity index (χ3v) is 4.03. The molecule has 0 saturated carbocycles. The number of benzene rings is 1. The molecule has 0 aliphatic carbocycles. The van der Waals surface area contributed by atoms with E-state index in [9.17, 15) is 4.79 Å². The van der Waals surface area contributed by atoms with Crippen LogP contribution in [0.15, 0.2) is 30.5 Å². The van der Waals surface area contributed by atoms with Crippen molar-refractivity contribution < 1.29 is 9.53 Å². The number of hydrogen-bond donors (Lipinski definition) is 4. The zero-order valence-corrected chi connectivity index (χ0v) is 11.8. The summed E-state index contributed by atoms with van der Waals surface area (Å²) in [6, 6.07) is 8.03. The summed E-state index contributed by atoms with van der Waals surface area (Å²) in [6.45, 7) is 1.16. The lowest BCUT2D eigenvalue weighted by atomic mass is 9.95. The normalized spacial score (nSPS) is 18.3. The van der Waals surface area contributed by atoms with Crippen molar-refractivity contribution in [3.63, 3.8) is 0 Å². The summed E-state index contributed by atoms with van der Waals surface area (Å²) in [5.74, 6) is -0.381. The van der Waals surface area contributed by atoms with Gasteiger partial charge in [-0.3, -0.25) is 10.1 Å². The highest BCUT2D eigenvalue weighted by molar-refractivity contribution is 5.86. The van der Waals surface area contributed by atoms with Gasteiger partial charge in [-0.1, -0.05) is 18.2 Å². The number of ether oxygens (including phenoxy) is 1. The van der Waals surface area contributed by atoms with Crippen LogP contribution in [-0.2, 0) is 16.0 Å². The molecule has 1 aromatic carbocycles. The van der Waals surface area contributed by atoms with Gasteiger partial charge in [-0.15, -0.1) is 0 Å². The van der Waals surface area contributed by atoms with Gasteiger partial charge in [0, 0.05) is 29.7 Å². The molecule has 0 unspecified atom stereocenters. The Bertz CT molecular complexity index is 648. The van der Waals surface area contributed by atoms with Gasteiger partial charge in [0.1, 0.15) is 5.54 Å². The molecule has 1 saturated heterocycles. The highest BCUT2D eigenvalue weighted by atomic mass is 16.5. The first-order valence-corrected chi connectivity index (χ1v) is 7.04. The number of carbonyl (C=O) groups excluding carboxylic acids is 1. The Hall–Kier alpha value is -1.89. The maximum Gasteiger partial charge on any atom is 0.242 e. The number of H-pyrrole nitrogens is 1. The van der Waals surface area contributed by atoms with Gasteiger partial charge < -0.3 is 21.2 Å². The van der Waals surface area contributed by atoms with Crippen LogP contribution in [0.25, 0.3) is 10.9 Å². The van der Waals surface area contributed by atoms with E-state index in [2.05, 4.69) is 16.4 Å². The van der Waals surface area contributed by atoms with E-state index in [-0.39, 0.29) is 11.9 Å². The van der Waals surface area contributed by atoms with Crippen molar-refractivity contribution in [3.05, 3.63) is 36.0 Å². The summed E-state index contributed by atoms with van der Waals surface area (Å²) >= 11 is 0. The molecule has 6 nitrogen and oxygen atoms in total. The maximum atomic E-state index is 11.4. The molecule has 2 heterocycles. The van der Waals surface area contributed by atoms with Crippen molar-refractivity contribution in [3.8, 4) is 0 Å². The first kappa shape index (κ1) is 14.1. The number of hydrogen-bond acceptors (Lipinski definition) is 4. The standard InChI is InChI=1S/C15H20N4O2/c16-11(7-19-15(14(17)20)8-21-9-15)5-10-6-18-13-4-2-1-3-12(10)13/h1-4,6,11,18-19H,5,7-9,16H2,(H2,17,20)/t11-/m1/s1. The molecule has 112 valence electrons. The lowest BCUT2D eigenvalue weighted by molar-refractivity contribution is -0.144. The van der Waals surface area contributed by atoms with Crippen molar-refractivity contribution >= 4 is 16.8 Å². The second kappa shape index (κ2) is 5.48. The van der Waals surface area contributed by atoms with E-state index in [0.717, 1.165) is 11.9 Å². The van der Waals surface area contributed by atoms with E-state index in [1.54, 1.807) is 0 Å². The topological polar surface area (TPSA) is 106 Å². The molecule has 1 atom stereocenters. The predicted molar refractivity (Wildman–Crippen MR) is 80.7 cm³/mol. The van der Waals surface area contributed by atoms with Crippen molar-refractivity contribution in [1.29, 1.82) is 0 Å². The van der Waals surface area contributed by atoms with Gasteiger partial charge in [-0.2, -0.15) is 0 Å². The predicted octanol–water partition coefficient (Wildman–Crippen LogP) is -0.118. The van der Waals surface area contributed by atoms with Crippen LogP contribution in [0.1, 0.15) is 5.56 Å². The number of amides is 1. The van der Waals surface area contributed by atoms with Crippen LogP contribution in [0.2, 0.25) is 0 Å². The molecule has 0 radical (unpaired) electrons. The van der Waals surface area contributed by atoms with E-state index < -0.39 is 5.54 Å². The Labute approximate surface area is 122 Å². The van der Waals surface area contributed by atoms with Gasteiger partial charge in [-0.05, 0) is 18.1 Å². The first-order valence-electron chi connectivity index (χ1n) is 7.04. The molecule has 0 bridgehead atoms. The molecule has 1 amide bonds. The lowest BCUT2D eigenvalue weighted by Gasteiger charge is -2.39. The fourth-order valence-electron chi connectivity index (χ4n) is 2.62. The fraction of sp³-hybridized carbons (Fsp3) is 0.400. The third kappa shape index (κ3) is 2.65. The monoisotopic (exact) mass is 288 g/mol. The molecule has 21 heavy (non-hydrogen) atoms. The van der Waals surface area contributed by atoms with Crippen LogP contribution in [0.5, 0.6) is 0 Å². The van der Waals surface area contributed by atoms with Crippen molar-refractivity contribution in [2.24, 2.45) is 11.5 Å². The van der Waals surface area contributed by atoms with Crippen LogP contribution in [0, 0.1) is 0 Å². The Morgan fingerprint density at radius 3 is 2.86 bits per heavy atom. The van der Waals surface area contributed by atoms with Gasteiger partial charge >= 0.3 is 0 Å². The molecule has 1 aliphatic heterocycles. The Morgan fingerprint density at radius 2 is 2.19 bits per heavy atom. The Kier molecular flexibility index (Phi) is 3.67. The minimum atomic E-state index is -0.738. The highest BCUT2D eigenvalue weighted by Gasteiger charge is 2.44. The highest BCUT2D eigenvalue weighted by Crippen LogP contribution is 2.19. The van der Waals surface area contributed by atoms with Crippen molar-refractivity contribution in [2.75, 3.05) is 19.8 Å². The molecule has 6 heteroatoms. The number of fused-ring (bicyclic) bond motifs is 1. The quantitative estimate of drug-likeness (QED) is 0.594. The lowest BCUT2D eigenvalue weighted by Crippen LogP contribution is -2.69. The summed E-state index contributed by atoms with van der Waals surface area (Å²) in [4.78, 5) is 14.7. The number of aromatic amines is 1. The molecular weight excluding hydrogens is 268 g/mol. The second-order valence-electron chi connectivity index (χ2n) is 5.64. The number of rotatable bonds is 6. The van der Waals surface area contributed by atoms with E-state index >= 15 is 0 Å². The van der Waals surface area contributed by atoms with Gasteiger partial charge in [0.25, 0.3) is 0 Å². The number of primary amides is 1. The van der Waals surface area contributed by atoms with E-state index in [1.807, 2.05) is 24.4 Å². The molecule has 6 N–H and O–H groups in total. The number of nitrogens with one attached hydrogen (secondary N) is 2. The maximum absolute atomic E-state index is 11.4. The Balaban J connectivity index is 1.61. The SMILES string of the molecule is NC(=O)C1(NC[C@H](N)Cc2c[nH]c3ccccc23)COC1. The zero-order valence-electron chi connectivity index (χ0n) is 11.8. The Morgan fingerprint density at radius 1 is 1.43 bits per heavy atom. The summed E-state index contributed by atoms with van der Waals surface area (Å²) in [5, 5.41) is 4.34. The van der Waals surface area contributed by atoms with Crippen LogP contribution in [0.4, 0.5) is 0 Å². The van der Waals surface area contributed by atoms with Crippen LogP contribution in [0.3, 0.4) is 0 Å². The van der Waals surface area contributed by atoms with Gasteiger partial charge in [0.15, 0.2) is 0 Å².